The maximum atomic E-state index is 11.7. The summed E-state index contributed by atoms with van der Waals surface area (Å²) in [6, 6.07) is 7.21. The SMILES string of the molecule is CCC(=O)NCCCn1nc(-c2cccs2)ccc1=O. The Morgan fingerprint density at radius 3 is 2.95 bits per heavy atom. The lowest BCUT2D eigenvalue weighted by Gasteiger charge is -2.07. The van der Waals surface area contributed by atoms with Crippen LogP contribution in [0.4, 0.5) is 0 Å². The Morgan fingerprint density at radius 2 is 2.25 bits per heavy atom. The average molecular weight is 291 g/mol. The lowest BCUT2D eigenvalue weighted by atomic mass is 10.3. The summed E-state index contributed by atoms with van der Waals surface area (Å²) in [6.45, 7) is 2.87. The van der Waals surface area contributed by atoms with E-state index in [2.05, 4.69) is 10.4 Å². The molecular formula is C14H17N3O2S. The molecule has 106 valence electrons. The third kappa shape index (κ3) is 3.77. The van der Waals surface area contributed by atoms with Crippen molar-refractivity contribution in [2.45, 2.75) is 26.3 Å². The Bertz CT molecular complexity index is 620. The molecule has 2 rings (SSSR count). The number of amides is 1. The predicted octanol–water partition coefficient (Wildman–Crippen LogP) is 1.89. The van der Waals surface area contributed by atoms with Crippen molar-refractivity contribution in [3.63, 3.8) is 0 Å². The Balaban J connectivity index is 1.99. The fourth-order valence-electron chi connectivity index (χ4n) is 1.75. The van der Waals surface area contributed by atoms with E-state index in [-0.39, 0.29) is 11.5 Å². The maximum Gasteiger partial charge on any atom is 0.266 e. The second kappa shape index (κ2) is 7.00. The molecule has 0 spiro atoms. The number of nitrogens with zero attached hydrogens (tertiary/aromatic N) is 2. The van der Waals surface area contributed by atoms with Crippen LogP contribution in [-0.2, 0) is 11.3 Å². The van der Waals surface area contributed by atoms with E-state index in [9.17, 15) is 9.59 Å². The van der Waals surface area contributed by atoms with Crippen molar-refractivity contribution < 1.29 is 4.79 Å². The fraction of sp³-hybridized carbons (Fsp3) is 0.357. The number of hydrogen-bond acceptors (Lipinski definition) is 4. The van der Waals surface area contributed by atoms with Gasteiger partial charge in [-0.1, -0.05) is 13.0 Å². The number of hydrogen-bond donors (Lipinski definition) is 1. The highest BCUT2D eigenvalue weighted by Gasteiger charge is 2.04. The largest absolute Gasteiger partial charge is 0.356 e. The molecule has 5 nitrogen and oxygen atoms in total. The van der Waals surface area contributed by atoms with E-state index in [1.165, 1.54) is 10.7 Å². The second-order valence-electron chi connectivity index (χ2n) is 4.31. The molecule has 2 aromatic rings. The first kappa shape index (κ1) is 14.5. The summed E-state index contributed by atoms with van der Waals surface area (Å²) in [7, 11) is 0. The van der Waals surface area contributed by atoms with Crippen molar-refractivity contribution in [2.24, 2.45) is 0 Å². The van der Waals surface area contributed by atoms with Crippen molar-refractivity contribution >= 4 is 17.2 Å². The molecule has 0 unspecified atom stereocenters. The normalized spacial score (nSPS) is 10.4. The number of aryl methyl sites for hydroxylation is 1. The first-order valence-electron chi connectivity index (χ1n) is 6.59. The number of nitrogens with one attached hydrogen (secondary N) is 1. The third-order valence-electron chi connectivity index (χ3n) is 2.83. The topological polar surface area (TPSA) is 64.0 Å². The van der Waals surface area contributed by atoms with Crippen LogP contribution >= 0.6 is 11.3 Å². The zero-order valence-corrected chi connectivity index (χ0v) is 12.2. The van der Waals surface area contributed by atoms with Gasteiger partial charge in [0.15, 0.2) is 0 Å². The molecule has 0 aliphatic carbocycles. The monoisotopic (exact) mass is 291 g/mol. The van der Waals surface area contributed by atoms with Crippen molar-refractivity contribution in [3.05, 3.63) is 40.0 Å². The summed E-state index contributed by atoms with van der Waals surface area (Å²) >= 11 is 1.59. The molecule has 6 heteroatoms. The lowest BCUT2D eigenvalue weighted by molar-refractivity contribution is -0.120. The quantitative estimate of drug-likeness (QED) is 0.827. The molecule has 1 N–H and O–H groups in total. The smallest absolute Gasteiger partial charge is 0.266 e. The zero-order valence-electron chi connectivity index (χ0n) is 11.3. The third-order valence-corrected chi connectivity index (χ3v) is 3.72. The highest BCUT2D eigenvalue weighted by molar-refractivity contribution is 7.13. The molecule has 0 saturated heterocycles. The Morgan fingerprint density at radius 1 is 1.40 bits per heavy atom. The Labute approximate surface area is 121 Å². The first-order valence-corrected chi connectivity index (χ1v) is 7.47. The average Bonchev–Trinajstić information content (AvgIpc) is 2.99. The van der Waals surface area contributed by atoms with Gasteiger partial charge in [0.25, 0.3) is 5.56 Å². The molecule has 0 fully saturated rings. The number of rotatable bonds is 6. The van der Waals surface area contributed by atoms with Crippen LogP contribution in [0, 0.1) is 0 Å². The molecule has 0 bridgehead atoms. The van der Waals surface area contributed by atoms with E-state index < -0.39 is 0 Å². The number of thiophene rings is 1. The maximum absolute atomic E-state index is 11.7. The van der Waals surface area contributed by atoms with E-state index in [0.717, 1.165) is 10.6 Å². The van der Waals surface area contributed by atoms with Crippen LogP contribution < -0.4 is 10.9 Å². The van der Waals surface area contributed by atoms with Gasteiger partial charge in [-0.2, -0.15) is 5.10 Å². The van der Waals surface area contributed by atoms with Gasteiger partial charge in [-0.3, -0.25) is 9.59 Å². The van der Waals surface area contributed by atoms with Gasteiger partial charge in [-0.05, 0) is 23.9 Å². The summed E-state index contributed by atoms with van der Waals surface area (Å²) in [6.07, 6.45) is 1.17. The molecule has 0 radical (unpaired) electrons. The van der Waals surface area contributed by atoms with Gasteiger partial charge in [0.2, 0.25) is 5.91 Å². The molecule has 0 aromatic carbocycles. The van der Waals surface area contributed by atoms with Gasteiger partial charge in [0.05, 0.1) is 4.88 Å². The molecule has 0 aliphatic rings. The zero-order chi connectivity index (χ0) is 14.4. The Kier molecular flexibility index (Phi) is 5.06. The highest BCUT2D eigenvalue weighted by atomic mass is 32.1. The second-order valence-corrected chi connectivity index (χ2v) is 5.26. The van der Waals surface area contributed by atoms with Crippen molar-refractivity contribution in [3.8, 4) is 10.6 Å². The fourth-order valence-corrected chi connectivity index (χ4v) is 2.44. The lowest BCUT2D eigenvalue weighted by Crippen LogP contribution is -2.27. The summed E-state index contributed by atoms with van der Waals surface area (Å²) < 4.78 is 1.45. The summed E-state index contributed by atoms with van der Waals surface area (Å²) in [5.74, 6) is 0.0256. The number of aromatic nitrogens is 2. The van der Waals surface area contributed by atoms with Crippen LogP contribution in [0.3, 0.4) is 0 Å². The molecule has 20 heavy (non-hydrogen) atoms. The summed E-state index contributed by atoms with van der Waals surface area (Å²) in [4.78, 5) is 23.9. The van der Waals surface area contributed by atoms with E-state index in [4.69, 9.17) is 0 Å². The van der Waals surface area contributed by atoms with Crippen LogP contribution in [0.5, 0.6) is 0 Å². The van der Waals surface area contributed by atoms with Crippen molar-refractivity contribution in [1.82, 2.24) is 15.1 Å². The van der Waals surface area contributed by atoms with Crippen LogP contribution in [-0.4, -0.2) is 22.2 Å². The predicted molar refractivity (Wildman–Crippen MR) is 79.7 cm³/mol. The molecule has 2 aromatic heterocycles. The molecule has 0 saturated carbocycles. The van der Waals surface area contributed by atoms with E-state index in [1.54, 1.807) is 17.4 Å². The molecule has 1 amide bonds. The van der Waals surface area contributed by atoms with Gasteiger partial charge >= 0.3 is 0 Å². The van der Waals surface area contributed by atoms with Gasteiger partial charge in [0, 0.05) is 25.6 Å². The van der Waals surface area contributed by atoms with Crippen molar-refractivity contribution in [1.29, 1.82) is 0 Å². The number of carbonyl (C=O) groups excluding carboxylic acids is 1. The molecule has 0 atom stereocenters. The minimum Gasteiger partial charge on any atom is -0.356 e. The number of carbonyl (C=O) groups is 1. The van der Waals surface area contributed by atoms with E-state index >= 15 is 0 Å². The Hall–Kier alpha value is -1.95. The van der Waals surface area contributed by atoms with Crippen LogP contribution in [0.25, 0.3) is 10.6 Å². The van der Waals surface area contributed by atoms with Gasteiger partial charge in [-0.15, -0.1) is 11.3 Å². The van der Waals surface area contributed by atoms with Crippen LogP contribution in [0.1, 0.15) is 19.8 Å². The molecule has 2 heterocycles. The molecular weight excluding hydrogens is 274 g/mol. The summed E-state index contributed by atoms with van der Waals surface area (Å²) in [5, 5.41) is 9.12. The first-order chi connectivity index (χ1) is 9.70. The van der Waals surface area contributed by atoms with E-state index in [0.29, 0.717) is 25.9 Å². The van der Waals surface area contributed by atoms with Crippen molar-refractivity contribution in [2.75, 3.05) is 6.54 Å². The van der Waals surface area contributed by atoms with E-state index in [1.807, 2.05) is 24.4 Å². The highest BCUT2D eigenvalue weighted by Crippen LogP contribution is 2.20. The minimum atomic E-state index is -0.118. The standard InChI is InChI=1S/C14H17N3O2S/c1-2-13(18)15-8-4-9-17-14(19)7-6-11(16-17)12-5-3-10-20-12/h3,5-7,10H,2,4,8-9H2,1H3,(H,15,18). The van der Waals surface area contributed by atoms with Gasteiger partial charge in [0.1, 0.15) is 5.69 Å². The van der Waals surface area contributed by atoms with Gasteiger partial charge < -0.3 is 5.32 Å². The minimum absolute atomic E-state index is 0.0256. The van der Waals surface area contributed by atoms with Crippen LogP contribution in [0.2, 0.25) is 0 Å². The van der Waals surface area contributed by atoms with Crippen LogP contribution in [0.15, 0.2) is 34.4 Å². The van der Waals surface area contributed by atoms with Gasteiger partial charge in [-0.25, -0.2) is 4.68 Å². The molecule has 0 aliphatic heterocycles. The summed E-state index contributed by atoms with van der Waals surface area (Å²) in [5.41, 5.74) is 0.685.